The average molecular weight is 630 g/mol. The molecule has 4 heterocycles. The molecule has 0 bridgehead atoms. The van der Waals surface area contributed by atoms with Gasteiger partial charge in [0.2, 0.25) is 5.91 Å². The Balaban J connectivity index is 0.980. The van der Waals surface area contributed by atoms with Gasteiger partial charge in [0.05, 0.1) is 12.8 Å². The van der Waals surface area contributed by atoms with Crippen LogP contribution in [0.15, 0.2) is 51.8 Å². The van der Waals surface area contributed by atoms with Gasteiger partial charge in [-0.15, -0.1) is 0 Å². The Morgan fingerprint density at radius 1 is 1.23 bits per heavy atom. The van der Waals surface area contributed by atoms with Crippen LogP contribution in [0.25, 0.3) is 0 Å². The SMILES string of the molecule is C=CC(=O)NC1CC(CN2C(C#N)=CC3C(C)C(CN4CCC(NC5=C6C=C(CC(F)(F)F)SC6N=CN5)CC4)CCC32)C1. The second-order valence-electron chi connectivity index (χ2n) is 13.2. The third-order valence-corrected chi connectivity index (χ3v) is 11.5. The maximum absolute atomic E-state index is 12.9. The lowest BCUT2D eigenvalue weighted by Crippen LogP contribution is -2.51. The van der Waals surface area contributed by atoms with Gasteiger partial charge in [-0.3, -0.25) is 9.79 Å². The standard InChI is InChI=1S/C32H42F3N7OS/c1-3-29(43)39-23-10-20(11-23)16-42-24(15-36)12-26-19(2)21(4-5-28(26)42)17-41-8-6-22(7-9-41)40-30-27-13-25(14-32(33,34)35)44-31(27)38-18-37-30/h3,12-13,18-23,26,28,31,40H,1,4-11,14,16-17H2,2H3,(H,37,38)(H,39,43). The molecular weight excluding hydrogens is 587 g/mol. The van der Waals surface area contributed by atoms with E-state index in [0.29, 0.717) is 34.6 Å². The largest absolute Gasteiger partial charge is 0.393 e. The molecule has 0 aromatic carbocycles. The molecule has 4 aliphatic heterocycles. The lowest BCUT2D eigenvalue weighted by Gasteiger charge is -2.46. The first-order chi connectivity index (χ1) is 21.1. The van der Waals surface area contributed by atoms with Crippen LogP contribution >= 0.6 is 11.8 Å². The van der Waals surface area contributed by atoms with Crippen molar-refractivity contribution < 1.29 is 18.0 Å². The van der Waals surface area contributed by atoms with Gasteiger partial charge in [-0.05, 0) is 79.4 Å². The summed E-state index contributed by atoms with van der Waals surface area (Å²) in [6.07, 6.45) is 7.74. The number of rotatable bonds is 9. The summed E-state index contributed by atoms with van der Waals surface area (Å²) < 4.78 is 38.8. The highest BCUT2D eigenvalue weighted by atomic mass is 32.2. The molecule has 2 aliphatic carbocycles. The fourth-order valence-electron chi connectivity index (χ4n) is 7.98. The van der Waals surface area contributed by atoms with Crippen LogP contribution in [0.2, 0.25) is 0 Å². The van der Waals surface area contributed by atoms with E-state index in [0.717, 1.165) is 81.8 Å². The molecule has 0 radical (unpaired) electrons. The highest BCUT2D eigenvalue weighted by Crippen LogP contribution is 2.46. The van der Waals surface area contributed by atoms with Gasteiger partial charge in [-0.1, -0.05) is 25.3 Å². The maximum Gasteiger partial charge on any atom is 0.393 e. The number of carbonyl (C=O) groups is 1. The minimum Gasteiger partial charge on any atom is -0.368 e. The number of aliphatic imine (C=N–C) groups is 1. The summed E-state index contributed by atoms with van der Waals surface area (Å²) in [6, 6.07) is 3.33. The Morgan fingerprint density at radius 2 is 2.00 bits per heavy atom. The van der Waals surface area contributed by atoms with Crippen LogP contribution in [0.1, 0.15) is 51.9 Å². The fourth-order valence-corrected chi connectivity index (χ4v) is 9.14. The lowest BCUT2D eigenvalue weighted by atomic mass is 9.70. The van der Waals surface area contributed by atoms with Gasteiger partial charge < -0.3 is 25.8 Å². The van der Waals surface area contributed by atoms with E-state index in [1.807, 2.05) is 0 Å². The first kappa shape index (κ1) is 31.1. The number of fused-ring (bicyclic) bond motifs is 2. The van der Waals surface area contributed by atoms with Crippen molar-refractivity contribution in [2.24, 2.45) is 28.7 Å². The van der Waals surface area contributed by atoms with Gasteiger partial charge in [-0.2, -0.15) is 18.4 Å². The zero-order valence-corrected chi connectivity index (χ0v) is 26.0. The molecule has 2 saturated carbocycles. The first-order valence-electron chi connectivity index (χ1n) is 15.9. The molecule has 3 fully saturated rings. The Morgan fingerprint density at radius 3 is 2.70 bits per heavy atom. The molecule has 12 heteroatoms. The molecule has 0 aromatic rings. The predicted octanol–water partition coefficient (Wildman–Crippen LogP) is 4.63. The molecule has 3 N–H and O–H groups in total. The van der Waals surface area contributed by atoms with E-state index >= 15 is 0 Å². The van der Waals surface area contributed by atoms with E-state index in [4.69, 9.17) is 0 Å². The molecule has 6 aliphatic rings. The van der Waals surface area contributed by atoms with Gasteiger partial charge in [0.25, 0.3) is 0 Å². The van der Waals surface area contributed by atoms with E-state index in [-0.39, 0.29) is 23.4 Å². The number of thioether (sulfide) groups is 1. The van der Waals surface area contributed by atoms with E-state index in [1.165, 1.54) is 17.8 Å². The monoisotopic (exact) mass is 629 g/mol. The number of nitrogens with zero attached hydrogens (tertiary/aromatic N) is 4. The number of nitrogens with one attached hydrogen (secondary N) is 3. The normalized spacial score (nSPS) is 33.8. The van der Waals surface area contributed by atoms with Crippen molar-refractivity contribution in [3.63, 3.8) is 0 Å². The summed E-state index contributed by atoms with van der Waals surface area (Å²) in [5.41, 5.74) is 1.62. The van der Waals surface area contributed by atoms with Crippen molar-refractivity contribution >= 4 is 24.0 Å². The Bertz CT molecular complexity index is 1290. The number of hydrogen-bond acceptors (Lipinski definition) is 8. The van der Waals surface area contributed by atoms with Gasteiger partial charge in [0, 0.05) is 55.8 Å². The number of nitriles is 1. The van der Waals surface area contributed by atoms with Crippen LogP contribution in [0.3, 0.4) is 0 Å². The third-order valence-electron chi connectivity index (χ3n) is 10.4. The second-order valence-corrected chi connectivity index (χ2v) is 14.5. The number of hydrogen-bond donors (Lipinski definition) is 3. The number of carbonyl (C=O) groups excluding carboxylic acids is 1. The second kappa shape index (κ2) is 12.8. The summed E-state index contributed by atoms with van der Waals surface area (Å²) in [7, 11) is 0. The number of allylic oxidation sites excluding steroid dienone is 2. The molecule has 0 spiro atoms. The summed E-state index contributed by atoms with van der Waals surface area (Å²) >= 11 is 1.18. The van der Waals surface area contributed by atoms with Crippen LogP contribution < -0.4 is 16.0 Å². The van der Waals surface area contributed by atoms with E-state index < -0.39 is 12.6 Å². The Kier molecular flexibility index (Phi) is 9.07. The molecule has 8 nitrogen and oxygen atoms in total. The molecule has 44 heavy (non-hydrogen) atoms. The fraction of sp³-hybridized carbons (Fsp3) is 0.656. The summed E-state index contributed by atoms with van der Waals surface area (Å²) in [6.45, 7) is 9.79. The molecule has 1 saturated heterocycles. The minimum absolute atomic E-state index is 0.116. The number of likely N-dealkylation sites (tertiary alicyclic amines) is 1. The van der Waals surface area contributed by atoms with E-state index in [2.05, 4.69) is 56.4 Å². The highest BCUT2D eigenvalue weighted by molar-refractivity contribution is 8.04. The number of halogens is 3. The van der Waals surface area contributed by atoms with E-state index in [9.17, 15) is 23.2 Å². The van der Waals surface area contributed by atoms with Crippen LogP contribution in [0.4, 0.5) is 13.2 Å². The summed E-state index contributed by atoms with van der Waals surface area (Å²) in [5.74, 6) is 2.62. The van der Waals surface area contributed by atoms with Gasteiger partial charge >= 0.3 is 6.18 Å². The first-order valence-corrected chi connectivity index (χ1v) is 16.7. The van der Waals surface area contributed by atoms with Crippen LogP contribution in [0, 0.1) is 35.0 Å². The molecule has 5 atom stereocenters. The van der Waals surface area contributed by atoms with Gasteiger partial charge in [0.15, 0.2) is 0 Å². The van der Waals surface area contributed by atoms with Crippen molar-refractivity contribution in [2.75, 3.05) is 26.2 Å². The van der Waals surface area contributed by atoms with Crippen LogP contribution in [-0.4, -0.2) is 77.9 Å². The van der Waals surface area contributed by atoms with Crippen LogP contribution in [0.5, 0.6) is 0 Å². The predicted molar refractivity (Wildman–Crippen MR) is 166 cm³/mol. The van der Waals surface area contributed by atoms with Crippen molar-refractivity contribution in [1.82, 2.24) is 25.8 Å². The highest BCUT2D eigenvalue weighted by Gasteiger charge is 2.45. The van der Waals surface area contributed by atoms with Crippen molar-refractivity contribution in [2.45, 2.75) is 81.5 Å². The van der Waals surface area contributed by atoms with Crippen molar-refractivity contribution in [1.29, 1.82) is 5.26 Å². The molecule has 5 unspecified atom stereocenters. The van der Waals surface area contributed by atoms with Crippen LogP contribution in [-0.2, 0) is 4.79 Å². The minimum atomic E-state index is -4.22. The molecular formula is C32H42F3N7OS. The molecule has 0 aromatic heterocycles. The Labute approximate surface area is 261 Å². The van der Waals surface area contributed by atoms with Gasteiger partial charge in [-0.25, -0.2) is 0 Å². The maximum atomic E-state index is 12.9. The van der Waals surface area contributed by atoms with E-state index in [1.54, 1.807) is 12.4 Å². The topological polar surface area (TPSA) is 95.8 Å². The number of amides is 1. The number of alkyl halides is 3. The molecule has 6 rings (SSSR count). The molecule has 238 valence electrons. The van der Waals surface area contributed by atoms with Crippen molar-refractivity contribution in [3.05, 3.63) is 46.8 Å². The smallest absolute Gasteiger partial charge is 0.368 e. The lowest BCUT2D eigenvalue weighted by molar-refractivity contribution is -0.125. The zero-order valence-electron chi connectivity index (χ0n) is 25.2. The van der Waals surface area contributed by atoms with Gasteiger partial charge in [0.1, 0.15) is 23.0 Å². The number of piperidine rings is 1. The average Bonchev–Trinajstić information content (AvgIpc) is 3.54. The quantitative estimate of drug-likeness (QED) is 0.320. The zero-order chi connectivity index (χ0) is 31.0. The third kappa shape index (κ3) is 6.84. The summed E-state index contributed by atoms with van der Waals surface area (Å²) in [4.78, 5) is 21.2. The molecule has 1 amide bonds. The van der Waals surface area contributed by atoms with Crippen molar-refractivity contribution in [3.8, 4) is 6.07 Å². The Hall–Kier alpha value is -2.91. The summed E-state index contributed by atoms with van der Waals surface area (Å²) in [5, 5.41) is 19.3.